The number of carbonyl (C=O) groups is 5. The fourth-order valence-electron chi connectivity index (χ4n) is 1.18. The molecule has 0 spiro atoms. The van der Waals surface area contributed by atoms with Crippen molar-refractivity contribution >= 4 is 29.4 Å². The number of carboxylic acids is 1. The Balaban J connectivity index is -0.0000000630. The van der Waals surface area contributed by atoms with E-state index in [2.05, 4.69) is 21.7 Å². The van der Waals surface area contributed by atoms with Crippen molar-refractivity contribution in [1.82, 2.24) is 16.0 Å². The summed E-state index contributed by atoms with van der Waals surface area (Å²) in [6, 6.07) is 0. The molecule has 0 saturated carbocycles. The normalized spacial score (nSPS) is 9.50. The molecule has 1 aliphatic rings. The Morgan fingerprint density at radius 2 is 1.30 bits per heavy atom. The highest BCUT2D eigenvalue weighted by atomic mass is 16.4. The van der Waals surface area contributed by atoms with Gasteiger partial charge in [-0.3, -0.25) is 14.4 Å². The van der Waals surface area contributed by atoms with Gasteiger partial charge in [0, 0.05) is 52.7 Å². The number of β-lactam (4-membered cyclic amide) rings is 1. The van der Waals surface area contributed by atoms with E-state index >= 15 is 0 Å². The molecule has 1 heterocycles. The zero-order valence-corrected chi connectivity index (χ0v) is 20.0. The number of hydrogen-bond donors (Lipinski definition) is 5. The van der Waals surface area contributed by atoms with Crippen molar-refractivity contribution in [2.75, 3.05) is 34.2 Å². The van der Waals surface area contributed by atoms with Gasteiger partial charge in [-0.1, -0.05) is 0 Å². The maximum atomic E-state index is 10.4. The molecule has 0 atom stereocenters. The van der Waals surface area contributed by atoms with Gasteiger partial charge in [0.15, 0.2) is 0 Å². The topological polar surface area (TPSA) is 168 Å². The summed E-state index contributed by atoms with van der Waals surface area (Å²) >= 11 is 0. The number of carbonyl (C=O) groups excluding carboxylic acids is 4. The molecule has 10 heteroatoms. The third-order valence-electron chi connectivity index (χ3n) is 2.61. The summed E-state index contributed by atoms with van der Waals surface area (Å²) < 4.78 is 0. The minimum atomic E-state index is -0.833. The zero-order valence-electron chi connectivity index (χ0n) is 20.0. The van der Waals surface area contributed by atoms with Gasteiger partial charge in [0.1, 0.15) is 11.6 Å². The van der Waals surface area contributed by atoms with Gasteiger partial charge in [-0.05, 0) is 34.4 Å². The number of nitrogens with one attached hydrogen (secondary N) is 3. The summed E-state index contributed by atoms with van der Waals surface area (Å²) in [5, 5.41) is 15.4. The second-order valence-electron chi connectivity index (χ2n) is 5.40. The fraction of sp³-hybridized carbons (Fsp3) is 0.650. The van der Waals surface area contributed by atoms with Crippen LogP contribution in [0, 0.1) is 14.9 Å². The molecule has 1 saturated heterocycles. The molecule has 1 aliphatic heterocycles. The summed E-state index contributed by atoms with van der Waals surface area (Å²) in [7, 11) is 4.96. The first-order valence-corrected chi connectivity index (χ1v) is 8.94. The summed E-state index contributed by atoms with van der Waals surface area (Å²) in [5.41, 5.74) is 4.50. The second kappa shape index (κ2) is 34.2. The van der Waals surface area contributed by atoms with Crippen LogP contribution >= 0.6 is 0 Å². The Bertz CT molecular complexity index is 419. The first-order chi connectivity index (χ1) is 13.1. The molecule has 0 aromatic carbocycles. The van der Waals surface area contributed by atoms with E-state index in [9.17, 15) is 19.2 Å². The molecule has 182 valence electrons. The lowest BCUT2D eigenvalue weighted by atomic mass is 10.1. The molecule has 6 N–H and O–H groups in total. The zero-order chi connectivity index (χ0) is 23.0. The maximum Gasteiger partial charge on any atom is 0.300 e. The second-order valence-corrected chi connectivity index (χ2v) is 5.40. The first kappa shape index (κ1) is 41.9. The molecule has 1 rings (SSSR count). The quantitative estimate of drug-likeness (QED) is 0.288. The molecule has 10 nitrogen and oxygen atoms in total. The van der Waals surface area contributed by atoms with Crippen molar-refractivity contribution in [1.29, 1.82) is 0 Å². The number of ketones is 2. The van der Waals surface area contributed by atoms with Gasteiger partial charge in [0.2, 0.25) is 11.8 Å². The lowest BCUT2D eigenvalue weighted by Crippen LogP contribution is -2.37. The Morgan fingerprint density at radius 3 is 1.47 bits per heavy atom. The van der Waals surface area contributed by atoms with E-state index in [1.807, 2.05) is 7.05 Å². The molecule has 0 radical (unpaired) electrons. The van der Waals surface area contributed by atoms with E-state index in [1.165, 1.54) is 7.05 Å². The van der Waals surface area contributed by atoms with Crippen LogP contribution in [0.25, 0.3) is 0 Å². The Kier molecular flexibility index (Phi) is 47.8. The van der Waals surface area contributed by atoms with Gasteiger partial charge >= 0.3 is 0 Å². The van der Waals surface area contributed by atoms with Crippen LogP contribution in [0.15, 0.2) is 0 Å². The van der Waals surface area contributed by atoms with E-state index in [-0.39, 0.29) is 38.2 Å². The summed E-state index contributed by atoms with van der Waals surface area (Å²) in [6.07, 6.45) is 3.09. The fourth-order valence-corrected chi connectivity index (χ4v) is 1.18. The van der Waals surface area contributed by atoms with Crippen LogP contribution in [0.1, 0.15) is 52.9 Å². The first-order valence-electron chi connectivity index (χ1n) is 8.94. The summed E-state index contributed by atoms with van der Waals surface area (Å²) in [6.45, 7) is 5.80. The van der Waals surface area contributed by atoms with Crippen molar-refractivity contribution in [2.24, 2.45) is 5.73 Å². The van der Waals surface area contributed by atoms with E-state index in [1.54, 1.807) is 20.9 Å². The number of nitrogens with two attached hydrogens (primary N) is 1. The van der Waals surface area contributed by atoms with Gasteiger partial charge in [-0.15, -0.1) is 0 Å². The predicted molar refractivity (Wildman–Crippen MR) is 122 cm³/mol. The smallest absolute Gasteiger partial charge is 0.300 e. The maximum absolute atomic E-state index is 10.4. The lowest BCUT2D eigenvalue weighted by Gasteiger charge is -2.10. The highest BCUT2D eigenvalue weighted by molar-refractivity contribution is 5.81. The Hall–Kier alpha value is -2.33. The number of rotatable bonds is 7. The van der Waals surface area contributed by atoms with Gasteiger partial charge in [-0.25, -0.2) is 0 Å². The summed E-state index contributed by atoms with van der Waals surface area (Å²) in [4.78, 5) is 49.8. The molecule has 0 aromatic rings. The highest BCUT2D eigenvalue weighted by Crippen LogP contribution is 1.95. The SMILES string of the molecule is CC(=O)CCCC(C)=O.CC(=O)O.CN.CNCCC(=O)NC.O=C1CCN1.[CH3-].[CH3-]. The van der Waals surface area contributed by atoms with Crippen molar-refractivity contribution in [2.45, 2.75) is 52.9 Å². The monoisotopic (exact) mass is 436 g/mol. The summed E-state index contributed by atoms with van der Waals surface area (Å²) in [5.74, 6) is -0.239. The van der Waals surface area contributed by atoms with Crippen LogP contribution < -0.4 is 21.7 Å². The number of Topliss-reactive ketones (excluding diaryl/α,β-unsaturated/α-hetero) is 2. The number of aliphatic carboxylic acids is 1. The van der Waals surface area contributed by atoms with Crippen LogP contribution in [0.2, 0.25) is 0 Å². The third kappa shape index (κ3) is 63.6. The number of hydrogen-bond acceptors (Lipinski definition) is 7. The van der Waals surface area contributed by atoms with Crippen LogP contribution in [0.4, 0.5) is 0 Å². The predicted octanol–water partition coefficient (Wildman–Crippen LogP) is 0.749. The average Bonchev–Trinajstić information content (AvgIpc) is 2.59. The molecule has 0 unspecified atom stereocenters. The molecule has 1 fully saturated rings. The van der Waals surface area contributed by atoms with Crippen LogP contribution in [-0.2, 0) is 24.0 Å². The molecule has 2 amide bonds. The largest absolute Gasteiger partial charge is 0.481 e. The van der Waals surface area contributed by atoms with Crippen LogP contribution in [0.5, 0.6) is 0 Å². The Labute approximate surface area is 182 Å². The standard InChI is InChI=1S/C7H12O2.C5H12N2O.C3H5NO.C2H4O2.CH5N.2CH3/c1-6(8)4-3-5-7(2)9;1-6-4-3-5(8)7-2;5-3-1-2-4-3;1-2(3)4;1-2;;/h3-5H2,1-2H3;6H,3-4H2,1-2H3,(H,7,8);1-2H2,(H,4,5);1H3,(H,3,4);2H2,1H3;2*1H3/q;;;;;2*-1. The molecular formula is C20H44N4O6-2. The van der Waals surface area contributed by atoms with Gasteiger partial charge < -0.3 is 51.2 Å². The van der Waals surface area contributed by atoms with E-state index < -0.39 is 5.97 Å². The van der Waals surface area contributed by atoms with Crippen molar-refractivity contribution in [3.05, 3.63) is 14.9 Å². The van der Waals surface area contributed by atoms with Crippen LogP contribution in [-0.4, -0.2) is 68.7 Å². The van der Waals surface area contributed by atoms with Crippen LogP contribution in [0.3, 0.4) is 0 Å². The van der Waals surface area contributed by atoms with Crippen molar-refractivity contribution < 1.29 is 29.1 Å². The molecular weight excluding hydrogens is 392 g/mol. The van der Waals surface area contributed by atoms with Crippen molar-refractivity contribution in [3.8, 4) is 0 Å². The third-order valence-corrected chi connectivity index (χ3v) is 2.61. The highest BCUT2D eigenvalue weighted by Gasteiger charge is 2.07. The molecule has 0 aliphatic carbocycles. The molecule has 0 bridgehead atoms. The van der Waals surface area contributed by atoms with Crippen molar-refractivity contribution in [3.63, 3.8) is 0 Å². The minimum absolute atomic E-state index is 0. The Morgan fingerprint density at radius 1 is 0.967 bits per heavy atom. The van der Waals surface area contributed by atoms with E-state index in [0.29, 0.717) is 25.7 Å². The molecule has 0 aromatic heterocycles. The lowest BCUT2D eigenvalue weighted by molar-refractivity contribution is -0.134. The van der Waals surface area contributed by atoms with E-state index in [0.717, 1.165) is 26.4 Å². The number of carboxylic acid groups (broad SMARTS) is 1. The number of amides is 2. The molecule has 30 heavy (non-hydrogen) atoms. The van der Waals surface area contributed by atoms with Gasteiger partial charge in [-0.2, -0.15) is 0 Å². The average molecular weight is 437 g/mol. The van der Waals surface area contributed by atoms with Gasteiger partial charge in [0.25, 0.3) is 5.97 Å². The van der Waals surface area contributed by atoms with Gasteiger partial charge in [0.05, 0.1) is 0 Å². The van der Waals surface area contributed by atoms with E-state index in [4.69, 9.17) is 9.90 Å². The minimum Gasteiger partial charge on any atom is -0.481 e.